The van der Waals surface area contributed by atoms with Gasteiger partial charge >= 0.3 is 5.97 Å². The summed E-state index contributed by atoms with van der Waals surface area (Å²) in [6.45, 7) is -0.924. The van der Waals surface area contributed by atoms with Gasteiger partial charge in [-0.1, -0.05) is 19.3 Å². The third kappa shape index (κ3) is 3.81. The molecular formula is C19H23FN2O5. The molecule has 1 fully saturated rings. The third-order valence-electron chi connectivity index (χ3n) is 5.13. The molecule has 1 heterocycles. The number of rotatable bonds is 6. The summed E-state index contributed by atoms with van der Waals surface area (Å²) >= 11 is 0. The van der Waals surface area contributed by atoms with Crippen LogP contribution >= 0.6 is 0 Å². The highest BCUT2D eigenvalue weighted by atomic mass is 19.1. The quantitative estimate of drug-likeness (QED) is 0.613. The molecule has 0 radical (unpaired) electrons. The Balaban J connectivity index is 2.17. The number of carboxylic acids is 1. The molecule has 4 N–H and O–H groups in total. The van der Waals surface area contributed by atoms with Crippen molar-refractivity contribution in [3.63, 3.8) is 0 Å². The van der Waals surface area contributed by atoms with Crippen molar-refractivity contribution in [2.24, 2.45) is 0 Å². The minimum atomic E-state index is -1.45. The molecule has 0 saturated heterocycles. The number of aliphatic hydroxyl groups is 2. The van der Waals surface area contributed by atoms with Crippen LogP contribution in [0.3, 0.4) is 0 Å². The Morgan fingerprint density at radius 3 is 2.48 bits per heavy atom. The number of nitrogens with one attached hydrogen (secondary N) is 1. The summed E-state index contributed by atoms with van der Waals surface area (Å²) in [4.78, 5) is 23.9. The number of nitrogens with zero attached hydrogens (tertiary/aromatic N) is 1. The van der Waals surface area contributed by atoms with Gasteiger partial charge in [0.1, 0.15) is 11.4 Å². The highest BCUT2D eigenvalue weighted by Gasteiger charge is 2.21. The highest BCUT2D eigenvalue weighted by molar-refractivity contribution is 5.93. The van der Waals surface area contributed by atoms with Gasteiger partial charge in [0.25, 0.3) is 0 Å². The second kappa shape index (κ2) is 8.06. The molecule has 8 heteroatoms. The molecule has 0 unspecified atom stereocenters. The van der Waals surface area contributed by atoms with E-state index in [9.17, 15) is 29.3 Å². The lowest BCUT2D eigenvalue weighted by molar-refractivity contribution is 0.0693. The Morgan fingerprint density at radius 1 is 1.22 bits per heavy atom. The van der Waals surface area contributed by atoms with Gasteiger partial charge in [0, 0.05) is 17.6 Å². The minimum Gasteiger partial charge on any atom is -0.477 e. The van der Waals surface area contributed by atoms with Crippen LogP contribution in [0.25, 0.3) is 10.9 Å². The number of aromatic nitrogens is 1. The zero-order valence-electron chi connectivity index (χ0n) is 14.8. The van der Waals surface area contributed by atoms with Crippen molar-refractivity contribution in [3.05, 3.63) is 39.9 Å². The van der Waals surface area contributed by atoms with Crippen molar-refractivity contribution < 1.29 is 24.5 Å². The van der Waals surface area contributed by atoms with Gasteiger partial charge in [0.05, 0.1) is 30.5 Å². The van der Waals surface area contributed by atoms with Gasteiger partial charge in [-0.15, -0.1) is 0 Å². The van der Waals surface area contributed by atoms with E-state index in [1.165, 1.54) is 10.6 Å². The average molecular weight is 378 g/mol. The van der Waals surface area contributed by atoms with Crippen molar-refractivity contribution in [2.75, 3.05) is 18.5 Å². The lowest BCUT2D eigenvalue weighted by atomic mass is 9.95. The first-order valence-corrected chi connectivity index (χ1v) is 9.06. The number of carboxylic acid groups (broad SMARTS) is 1. The van der Waals surface area contributed by atoms with Gasteiger partial charge in [-0.25, -0.2) is 9.18 Å². The number of carbonyl (C=O) groups is 1. The van der Waals surface area contributed by atoms with E-state index in [-0.39, 0.29) is 22.6 Å². The first-order valence-electron chi connectivity index (χ1n) is 9.06. The standard InChI is InChI=1S/C19H23FN2O5/c20-15-6-13-17(7-16(15)21-11-4-2-1-3-5-11)22(12(9-23)10-24)8-14(18(13)25)19(26)27/h6-8,11-12,21,23-24H,1-5,9-10H2,(H,26,27). The molecule has 0 atom stereocenters. The van der Waals surface area contributed by atoms with Gasteiger partial charge in [-0.3, -0.25) is 4.79 Å². The maximum Gasteiger partial charge on any atom is 0.341 e. The van der Waals surface area contributed by atoms with Crippen molar-refractivity contribution >= 4 is 22.6 Å². The molecule has 7 nitrogen and oxygen atoms in total. The van der Waals surface area contributed by atoms with Crippen LogP contribution in [0.5, 0.6) is 0 Å². The first-order chi connectivity index (χ1) is 13.0. The summed E-state index contributed by atoms with van der Waals surface area (Å²) in [5, 5.41) is 31.4. The van der Waals surface area contributed by atoms with E-state index in [0.717, 1.165) is 44.4 Å². The van der Waals surface area contributed by atoms with Crippen molar-refractivity contribution in [1.29, 1.82) is 0 Å². The number of fused-ring (bicyclic) bond motifs is 1. The third-order valence-corrected chi connectivity index (χ3v) is 5.13. The summed E-state index contributed by atoms with van der Waals surface area (Å²) in [7, 11) is 0. The molecule has 3 rings (SSSR count). The number of hydrogen-bond donors (Lipinski definition) is 4. The normalized spacial score (nSPS) is 15.4. The van der Waals surface area contributed by atoms with Gasteiger partial charge in [-0.05, 0) is 25.0 Å². The summed E-state index contributed by atoms with van der Waals surface area (Å²) < 4.78 is 16.0. The Morgan fingerprint density at radius 2 is 1.89 bits per heavy atom. The van der Waals surface area contributed by atoms with E-state index in [4.69, 9.17) is 0 Å². The SMILES string of the molecule is O=C(O)c1cn(C(CO)CO)c2cc(NC3CCCCC3)c(F)cc2c1=O. The molecule has 1 saturated carbocycles. The summed E-state index contributed by atoms with van der Waals surface area (Å²) in [5.74, 6) is -2.08. The number of aromatic carboxylic acids is 1. The van der Waals surface area contributed by atoms with Gasteiger partial charge < -0.3 is 25.2 Å². The van der Waals surface area contributed by atoms with E-state index in [2.05, 4.69) is 5.32 Å². The van der Waals surface area contributed by atoms with E-state index >= 15 is 0 Å². The Hall–Kier alpha value is -2.45. The second-order valence-electron chi connectivity index (χ2n) is 6.93. The Kier molecular flexibility index (Phi) is 5.76. The van der Waals surface area contributed by atoms with Gasteiger partial charge in [0.2, 0.25) is 5.43 Å². The monoisotopic (exact) mass is 378 g/mol. The van der Waals surface area contributed by atoms with Crippen LogP contribution in [0.2, 0.25) is 0 Å². The molecule has 1 aromatic heterocycles. The fourth-order valence-corrected chi connectivity index (χ4v) is 3.64. The number of pyridine rings is 1. The number of aliphatic hydroxyl groups excluding tert-OH is 2. The predicted molar refractivity (Wildman–Crippen MR) is 98.8 cm³/mol. The molecule has 1 aromatic carbocycles. The van der Waals surface area contributed by atoms with Crippen molar-refractivity contribution in [2.45, 2.75) is 44.2 Å². The van der Waals surface area contributed by atoms with E-state index in [1.807, 2.05) is 0 Å². The zero-order valence-corrected chi connectivity index (χ0v) is 14.8. The summed E-state index contributed by atoms with van der Waals surface area (Å²) in [5.41, 5.74) is -0.855. The van der Waals surface area contributed by atoms with Crippen LogP contribution in [0.15, 0.2) is 23.1 Å². The Labute approximate surface area is 155 Å². The molecule has 0 bridgehead atoms. The van der Waals surface area contributed by atoms with Crippen LogP contribution < -0.4 is 10.7 Å². The van der Waals surface area contributed by atoms with Crippen molar-refractivity contribution in [1.82, 2.24) is 4.57 Å². The second-order valence-corrected chi connectivity index (χ2v) is 6.93. The Bertz CT molecular complexity index is 901. The van der Waals surface area contributed by atoms with E-state index in [0.29, 0.717) is 0 Å². The molecular weight excluding hydrogens is 355 g/mol. The van der Waals surface area contributed by atoms with Crippen LogP contribution in [0, 0.1) is 5.82 Å². The number of anilines is 1. The van der Waals surface area contributed by atoms with Gasteiger partial charge in [-0.2, -0.15) is 0 Å². The molecule has 1 aliphatic rings. The van der Waals surface area contributed by atoms with Crippen LogP contribution in [-0.2, 0) is 0 Å². The van der Waals surface area contributed by atoms with Gasteiger partial charge in [0.15, 0.2) is 0 Å². The fraction of sp³-hybridized carbons (Fsp3) is 0.474. The first kappa shape index (κ1) is 19.3. The number of benzene rings is 1. The minimum absolute atomic E-state index is 0.103. The highest BCUT2D eigenvalue weighted by Crippen LogP contribution is 2.27. The molecule has 2 aromatic rings. The summed E-state index contributed by atoms with van der Waals surface area (Å²) in [6.07, 6.45) is 6.24. The lowest BCUT2D eigenvalue weighted by Gasteiger charge is -2.25. The number of hydrogen-bond acceptors (Lipinski definition) is 5. The van der Waals surface area contributed by atoms with Crippen LogP contribution in [0.1, 0.15) is 48.5 Å². The molecule has 1 aliphatic carbocycles. The molecule has 0 aliphatic heterocycles. The topological polar surface area (TPSA) is 112 Å². The zero-order chi connectivity index (χ0) is 19.6. The fourth-order valence-electron chi connectivity index (χ4n) is 3.64. The molecule has 0 spiro atoms. The number of halogens is 1. The lowest BCUT2D eigenvalue weighted by Crippen LogP contribution is -2.26. The maximum absolute atomic E-state index is 14.6. The summed E-state index contributed by atoms with van der Waals surface area (Å²) in [6, 6.07) is 1.76. The van der Waals surface area contributed by atoms with Crippen LogP contribution in [-0.4, -0.2) is 45.1 Å². The predicted octanol–water partition coefficient (Wildman–Crippen LogP) is 2.11. The largest absolute Gasteiger partial charge is 0.477 e. The molecule has 27 heavy (non-hydrogen) atoms. The smallest absolute Gasteiger partial charge is 0.341 e. The van der Waals surface area contributed by atoms with E-state index < -0.39 is 42.0 Å². The molecule has 146 valence electrons. The average Bonchev–Trinajstić information content (AvgIpc) is 2.66. The van der Waals surface area contributed by atoms with Crippen LogP contribution in [0.4, 0.5) is 10.1 Å². The van der Waals surface area contributed by atoms with E-state index in [1.54, 1.807) is 0 Å². The maximum atomic E-state index is 14.6. The molecule has 0 amide bonds. The van der Waals surface area contributed by atoms with Crippen molar-refractivity contribution in [3.8, 4) is 0 Å².